The van der Waals surface area contributed by atoms with Gasteiger partial charge in [-0.1, -0.05) is 87.8 Å². The summed E-state index contributed by atoms with van der Waals surface area (Å²) in [5.41, 5.74) is 6.74. The maximum absolute atomic E-state index is 13.8. The summed E-state index contributed by atoms with van der Waals surface area (Å²) in [6.07, 6.45) is 1.99. The molecule has 0 heterocycles. The minimum absolute atomic E-state index is 0.186. The summed E-state index contributed by atoms with van der Waals surface area (Å²) in [6.45, 7) is 14.6. The first-order chi connectivity index (χ1) is 18.2. The van der Waals surface area contributed by atoms with E-state index in [0.29, 0.717) is 23.2 Å². The summed E-state index contributed by atoms with van der Waals surface area (Å²) in [7, 11) is -2.04. The fourth-order valence-corrected chi connectivity index (χ4v) is 12.2. The molecule has 0 amide bonds. The first-order valence-electron chi connectivity index (χ1n) is 14.0. The van der Waals surface area contributed by atoms with E-state index in [9.17, 15) is 4.39 Å². The number of fused-ring (bicyclic) bond motifs is 1. The van der Waals surface area contributed by atoms with Crippen LogP contribution < -0.4 is 9.16 Å². The van der Waals surface area contributed by atoms with Crippen molar-refractivity contribution in [3.8, 4) is 11.5 Å². The molecule has 0 saturated heterocycles. The highest BCUT2D eigenvalue weighted by Gasteiger charge is 2.47. The Morgan fingerprint density at radius 2 is 1.39 bits per heavy atom. The SMILES string of the molecule is CC(C)[Si](Oc1ccc2c(c1)CC[C@H](c1ccc(F)cc1)[C@@H]2c1ccc(OCCBr)cc1)(C(C)C)C(C)C. The second-order valence-corrected chi connectivity index (χ2v) is 17.7. The average Bonchev–Trinajstić information content (AvgIpc) is 2.90. The third kappa shape index (κ3) is 5.89. The zero-order chi connectivity index (χ0) is 27.4. The molecule has 4 rings (SSSR count). The minimum Gasteiger partial charge on any atom is -0.543 e. The number of hydrogen-bond donors (Lipinski definition) is 0. The van der Waals surface area contributed by atoms with Crippen molar-refractivity contribution in [2.45, 2.75) is 82.8 Å². The fourth-order valence-electron chi connectivity index (χ4n) is 6.83. The monoisotopic (exact) mass is 596 g/mol. The van der Waals surface area contributed by atoms with Gasteiger partial charge in [0.15, 0.2) is 0 Å². The molecule has 0 radical (unpaired) electrons. The highest BCUT2D eigenvalue weighted by Crippen LogP contribution is 2.48. The van der Waals surface area contributed by atoms with E-state index in [0.717, 1.165) is 29.7 Å². The van der Waals surface area contributed by atoms with E-state index in [1.54, 1.807) is 12.1 Å². The lowest BCUT2D eigenvalue weighted by Crippen LogP contribution is -2.50. The molecule has 0 aliphatic heterocycles. The van der Waals surface area contributed by atoms with Crippen LogP contribution in [0.2, 0.25) is 16.6 Å². The molecule has 0 unspecified atom stereocenters. The summed E-state index contributed by atoms with van der Waals surface area (Å²) in [5.74, 6) is 2.17. The number of benzene rings is 3. The van der Waals surface area contributed by atoms with Crippen molar-refractivity contribution >= 4 is 24.2 Å². The van der Waals surface area contributed by atoms with Crippen LogP contribution in [0.4, 0.5) is 4.39 Å². The zero-order valence-corrected chi connectivity index (χ0v) is 26.2. The van der Waals surface area contributed by atoms with Gasteiger partial charge in [-0.05, 0) is 94.0 Å². The van der Waals surface area contributed by atoms with E-state index >= 15 is 0 Å². The predicted molar refractivity (Wildman–Crippen MR) is 163 cm³/mol. The van der Waals surface area contributed by atoms with Gasteiger partial charge in [-0.15, -0.1) is 0 Å². The van der Waals surface area contributed by atoms with Crippen LogP contribution in [0.3, 0.4) is 0 Å². The Labute approximate surface area is 238 Å². The Balaban J connectivity index is 1.74. The normalized spacial score (nSPS) is 17.7. The van der Waals surface area contributed by atoms with Crippen LogP contribution in [0.1, 0.15) is 82.1 Å². The molecule has 0 saturated carbocycles. The smallest absolute Gasteiger partial charge is 0.258 e. The van der Waals surface area contributed by atoms with Crippen molar-refractivity contribution in [3.05, 3.63) is 94.8 Å². The van der Waals surface area contributed by atoms with Crippen LogP contribution in [0, 0.1) is 5.82 Å². The molecular weight excluding hydrogens is 555 g/mol. The van der Waals surface area contributed by atoms with Gasteiger partial charge in [-0.25, -0.2) is 4.39 Å². The second-order valence-electron chi connectivity index (χ2n) is 11.6. The molecule has 2 nitrogen and oxygen atoms in total. The Morgan fingerprint density at radius 1 is 0.816 bits per heavy atom. The summed E-state index contributed by atoms with van der Waals surface area (Å²) < 4.78 is 26.6. The molecule has 0 spiro atoms. The molecule has 5 heteroatoms. The maximum Gasteiger partial charge on any atom is 0.258 e. The molecule has 1 aliphatic carbocycles. The van der Waals surface area contributed by atoms with Gasteiger partial charge in [0, 0.05) is 11.2 Å². The van der Waals surface area contributed by atoms with E-state index < -0.39 is 8.32 Å². The molecule has 2 atom stereocenters. The largest absolute Gasteiger partial charge is 0.543 e. The number of halogens is 2. The average molecular weight is 598 g/mol. The van der Waals surface area contributed by atoms with Crippen molar-refractivity contribution in [2.75, 3.05) is 11.9 Å². The lowest BCUT2D eigenvalue weighted by molar-refractivity contribution is 0.345. The predicted octanol–water partition coefficient (Wildman–Crippen LogP) is 10.0. The standard InChI is InChI=1S/C33H42BrFO2Si/c1-22(2)38(23(3)4,24(5)6)37-30-16-18-32-27(21-30)11-17-31(25-7-12-28(35)13-8-25)33(32)26-9-14-29(15-10-26)36-20-19-34/h7-10,12-16,18,21-24,31,33H,11,17,19-20H2,1-6H3/t31-,33+/m1/s1. The highest BCUT2D eigenvalue weighted by atomic mass is 79.9. The Bertz CT molecular complexity index is 1170. The molecule has 3 aromatic rings. The summed E-state index contributed by atoms with van der Waals surface area (Å²) >= 11 is 3.43. The highest BCUT2D eigenvalue weighted by molar-refractivity contribution is 9.09. The minimum atomic E-state index is -2.04. The third-order valence-corrected chi connectivity index (χ3v) is 14.8. The number of rotatable bonds is 10. The first-order valence-corrected chi connectivity index (χ1v) is 17.3. The fraction of sp³-hybridized carbons (Fsp3) is 0.455. The molecule has 0 bridgehead atoms. The third-order valence-electron chi connectivity index (χ3n) is 8.46. The lowest BCUT2D eigenvalue weighted by atomic mass is 9.69. The summed E-state index contributed by atoms with van der Waals surface area (Å²) in [4.78, 5) is 0. The van der Waals surface area contributed by atoms with Crippen LogP contribution in [0.15, 0.2) is 66.7 Å². The van der Waals surface area contributed by atoms with E-state index in [4.69, 9.17) is 9.16 Å². The molecule has 0 N–H and O–H groups in total. The van der Waals surface area contributed by atoms with Crippen molar-refractivity contribution in [1.82, 2.24) is 0 Å². The van der Waals surface area contributed by atoms with Gasteiger partial charge in [0.1, 0.15) is 17.3 Å². The van der Waals surface area contributed by atoms with Gasteiger partial charge >= 0.3 is 0 Å². The Hall–Kier alpha value is -2.11. The zero-order valence-electron chi connectivity index (χ0n) is 23.6. The van der Waals surface area contributed by atoms with Crippen molar-refractivity contribution in [1.29, 1.82) is 0 Å². The van der Waals surface area contributed by atoms with E-state index in [1.807, 2.05) is 12.1 Å². The second kappa shape index (κ2) is 12.4. The topological polar surface area (TPSA) is 18.5 Å². The van der Waals surface area contributed by atoms with Crippen LogP contribution in [0.5, 0.6) is 11.5 Å². The number of ether oxygens (including phenoxy) is 1. The quantitative estimate of drug-likeness (QED) is 0.171. The number of alkyl halides is 1. The van der Waals surface area contributed by atoms with E-state index in [1.165, 1.54) is 22.3 Å². The van der Waals surface area contributed by atoms with Crippen LogP contribution >= 0.6 is 15.9 Å². The molecule has 38 heavy (non-hydrogen) atoms. The van der Waals surface area contributed by atoms with Crippen molar-refractivity contribution < 1.29 is 13.6 Å². The van der Waals surface area contributed by atoms with Crippen LogP contribution in [-0.2, 0) is 6.42 Å². The van der Waals surface area contributed by atoms with Gasteiger partial charge < -0.3 is 9.16 Å². The molecular formula is C33H42BrFO2Si. The molecule has 1 aliphatic rings. The van der Waals surface area contributed by atoms with Gasteiger partial charge in [-0.2, -0.15) is 0 Å². The van der Waals surface area contributed by atoms with Crippen molar-refractivity contribution in [2.24, 2.45) is 0 Å². The Morgan fingerprint density at radius 3 is 1.97 bits per heavy atom. The first kappa shape index (κ1) is 28.9. The lowest BCUT2D eigenvalue weighted by Gasteiger charge is -2.42. The molecule has 0 fully saturated rings. The number of hydrogen-bond acceptors (Lipinski definition) is 2. The van der Waals surface area contributed by atoms with Gasteiger partial charge in [0.05, 0.1) is 6.61 Å². The van der Waals surface area contributed by atoms with E-state index in [-0.39, 0.29) is 17.7 Å². The van der Waals surface area contributed by atoms with Crippen molar-refractivity contribution in [3.63, 3.8) is 0 Å². The van der Waals surface area contributed by atoms with Crippen LogP contribution in [0.25, 0.3) is 0 Å². The molecule has 204 valence electrons. The summed E-state index contributed by atoms with van der Waals surface area (Å²) in [6, 6.07) is 22.4. The molecule has 3 aromatic carbocycles. The van der Waals surface area contributed by atoms with Gasteiger partial charge in [0.2, 0.25) is 0 Å². The van der Waals surface area contributed by atoms with Gasteiger partial charge in [0.25, 0.3) is 8.32 Å². The van der Waals surface area contributed by atoms with E-state index in [2.05, 4.69) is 99.9 Å². The molecule has 0 aromatic heterocycles. The summed E-state index contributed by atoms with van der Waals surface area (Å²) in [5, 5.41) is 0.802. The van der Waals surface area contributed by atoms with Crippen LogP contribution in [-0.4, -0.2) is 20.3 Å². The Kier molecular flexibility index (Phi) is 9.41. The van der Waals surface area contributed by atoms with Gasteiger partial charge in [-0.3, -0.25) is 0 Å². The number of aryl methyl sites for hydroxylation is 1. The maximum atomic E-state index is 13.8.